The summed E-state index contributed by atoms with van der Waals surface area (Å²) in [7, 11) is -2.42. The molecular formula is C13H12Br2N2O3S. The zero-order valence-corrected chi connectivity index (χ0v) is 14.9. The van der Waals surface area contributed by atoms with Gasteiger partial charge in [0.15, 0.2) is 0 Å². The van der Waals surface area contributed by atoms with Crippen molar-refractivity contribution in [2.24, 2.45) is 0 Å². The molecule has 5 nitrogen and oxygen atoms in total. The lowest BCUT2D eigenvalue weighted by Gasteiger charge is -2.14. The highest BCUT2D eigenvalue weighted by Gasteiger charge is 2.21. The summed E-state index contributed by atoms with van der Waals surface area (Å²) in [5, 5.41) is 0. The Morgan fingerprint density at radius 2 is 1.76 bits per heavy atom. The van der Waals surface area contributed by atoms with Crippen LogP contribution in [0.2, 0.25) is 0 Å². The van der Waals surface area contributed by atoms with E-state index in [1.165, 1.54) is 25.3 Å². The van der Waals surface area contributed by atoms with Gasteiger partial charge < -0.3 is 10.5 Å². The van der Waals surface area contributed by atoms with E-state index in [9.17, 15) is 8.42 Å². The third-order valence-corrected chi connectivity index (χ3v) is 5.39. The Bertz CT molecular complexity index is 759. The van der Waals surface area contributed by atoms with Crippen LogP contribution in [0.4, 0.5) is 11.4 Å². The minimum atomic E-state index is -3.81. The Balaban J connectivity index is 2.49. The minimum absolute atomic E-state index is 0.0156. The molecule has 2 aromatic rings. The van der Waals surface area contributed by atoms with Crippen molar-refractivity contribution >= 4 is 53.3 Å². The molecule has 0 fully saturated rings. The Hall–Kier alpha value is -1.25. The summed E-state index contributed by atoms with van der Waals surface area (Å²) in [5.74, 6) is 0.186. The molecule has 0 radical (unpaired) electrons. The van der Waals surface area contributed by atoms with Gasteiger partial charge in [0.25, 0.3) is 10.0 Å². The molecule has 21 heavy (non-hydrogen) atoms. The van der Waals surface area contributed by atoms with E-state index >= 15 is 0 Å². The fourth-order valence-electron chi connectivity index (χ4n) is 1.69. The predicted molar refractivity (Wildman–Crippen MR) is 90.1 cm³/mol. The van der Waals surface area contributed by atoms with E-state index in [2.05, 4.69) is 36.6 Å². The van der Waals surface area contributed by atoms with Crippen LogP contribution in [0.5, 0.6) is 5.75 Å². The number of methoxy groups -OCH3 is 1. The Labute approximate surface area is 139 Å². The molecule has 2 rings (SSSR count). The highest BCUT2D eigenvalue weighted by atomic mass is 79.9. The fraction of sp³-hybridized carbons (Fsp3) is 0.0769. The molecule has 0 aliphatic heterocycles. The van der Waals surface area contributed by atoms with Crippen molar-refractivity contribution < 1.29 is 13.2 Å². The number of halogens is 2. The summed E-state index contributed by atoms with van der Waals surface area (Å²) in [4.78, 5) is 0.0156. The largest absolute Gasteiger partial charge is 0.495 e. The SMILES string of the molecule is COc1cc(N)ccc1S(=O)(=O)Nc1c(Br)cccc1Br. The Morgan fingerprint density at radius 3 is 2.33 bits per heavy atom. The number of rotatable bonds is 4. The third kappa shape index (κ3) is 3.50. The van der Waals surface area contributed by atoms with Crippen LogP contribution in [0.3, 0.4) is 0 Å². The zero-order valence-electron chi connectivity index (χ0n) is 10.9. The van der Waals surface area contributed by atoms with E-state index in [0.29, 0.717) is 20.3 Å². The summed E-state index contributed by atoms with van der Waals surface area (Å²) in [5.41, 5.74) is 6.47. The van der Waals surface area contributed by atoms with Crippen LogP contribution < -0.4 is 15.2 Å². The molecule has 0 aliphatic rings. The zero-order chi connectivity index (χ0) is 15.6. The average Bonchev–Trinajstić information content (AvgIpc) is 2.42. The van der Waals surface area contributed by atoms with Crippen LogP contribution >= 0.6 is 31.9 Å². The number of nitrogen functional groups attached to an aromatic ring is 1. The van der Waals surface area contributed by atoms with Crippen molar-refractivity contribution in [2.45, 2.75) is 4.90 Å². The quantitative estimate of drug-likeness (QED) is 0.718. The van der Waals surface area contributed by atoms with E-state index in [4.69, 9.17) is 10.5 Å². The predicted octanol–water partition coefficient (Wildman–Crippen LogP) is 3.60. The van der Waals surface area contributed by atoms with Gasteiger partial charge in [-0.2, -0.15) is 0 Å². The van der Waals surface area contributed by atoms with Gasteiger partial charge in [0.05, 0.1) is 12.8 Å². The van der Waals surface area contributed by atoms with Gasteiger partial charge in [-0.05, 0) is 56.1 Å². The van der Waals surface area contributed by atoms with Crippen molar-refractivity contribution in [1.29, 1.82) is 0 Å². The van der Waals surface area contributed by atoms with E-state index in [1.54, 1.807) is 18.2 Å². The monoisotopic (exact) mass is 434 g/mol. The van der Waals surface area contributed by atoms with Crippen molar-refractivity contribution in [3.63, 3.8) is 0 Å². The molecule has 0 saturated carbocycles. The van der Waals surface area contributed by atoms with Gasteiger partial charge >= 0.3 is 0 Å². The molecule has 0 atom stereocenters. The summed E-state index contributed by atoms with van der Waals surface area (Å²) in [6.07, 6.45) is 0. The highest BCUT2D eigenvalue weighted by Crippen LogP contribution is 2.34. The second kappa shape index (κ2) is 6.25. The smallest absolute Gasteiger partial charge is 0.265 e. The second-order valence-corrected chi connectivity index (χ2v) is 7.47. The molecule has 8 heteroatoms. The maximum absolute atomic E-state index is 12.5. The first-order valence-electron chi connectivity index (χ1n) is 5.75. The first-order valence-corrected chi connectivity index (χ1v) is 8.82. The molecule has 0 amide bonds. The van der Waals surface area contributed by atoms with E-state index in [-0.39, 0.29) is 10.6 Å². The number of nitrogens with two attached hydrogens (primary N) is 1. The number of nitrogens with one attached hydrogen (secondary N) is 1. The van der Waals surface area contributed by atoms with Gasteiger partial charge in [0.1, 0.15) is 10.6 Å². The standard InChI is InChI=1S/C13H12Br2N2O3S/c1-20-11-7-8(16)5-6-12(11)21(18,19)17-13-9(14)3-2-4-10(13)15/h2-7,17H,16H2,1H3. The highest BCUT2D eigenvalue weighted by molar-refractivity contribution is 9.11. The molecule has 112 valence electrons. The van der Waals surface area contributed by atoms with E-state index in [0.717, 1.165) is 0 Å². The normalized spacial score (nSPS) is 11.2. The topological polar surface area (TPSA) is 81.4 Å². The van der Waals surface area contributed by atoms with Crippen LogP contribution in [0.1, 0.15) is 0 Å². The first kappa shape index (κ1) is 16.1. The van der Waals surface area contributed by atoms with E-state index in [1.807, 2.05) is 0 Å². The number of benzene rings is 2. The second-order valence-electron chi connectivity index (χ2n) is 4.11. The van der Waals surface area contributed by atoms with Crippen molar-refractivity contribution in [1.82, 2.24) is 0 Å². The van der Waals surface area contributed by atoms with Crippen LogP contribution in [0, 0.1) is 0 Å². The third-order valence-electron chi connectivity index (χ3n) is 2.68. The molecular weight excluding hydrogens is 424 g/mol. The van der Waals surface area contributed by atoms with Crippen molar-refractivity contribution in [3.05, 3.63) is 45.3 Å². The molecule has 3 N–H and O–H groups in total. The molecule has 2 aromatic carbocycles. The lowest BCUT2D eigenvalue weighted by atomic mass is 10.3. The van der Waals surface area contributed by atoms with Gasteiger partial charge in [-0.3, -0.25) is 4.72 Å². The maximum Gasteiger partial charge on any atom is 0.265 e. The average molecular weight is 436 g/mol. The lowest BCUT2D eigenvalue weighted by Crippen LogP contribution is -2.15. The number of hydrogen-bond donors (Lipinski definition) is 2. The van der Waals surface area contributed by atoms with Crippen molar-refractivity contribution in [3.8, 4) is 5.75 Å². The molecule has 0 unspecified atom stereocenters. The van der Waals surface area contributed by atoms with Gasteiger partial charge in [-0.25, -0.2) is 8.42 Å². The summed E-state index contributed by atoms with van der Waals surface area (Å²) < 4.78 is 33.9. The summed E-state index contributed by atoms with van der Waals surface area (Å²) >= 11 is 6.62. The molecule has 0 aliphatic carbocycles. The van der Waals surface area contributed by atoms with E-state index < -0.39 is 10.0 Å². The minimum Gasteiger partial charge on any atom is -0.495 e. The molecule has 0 bridgehead atoms. The maximum atomic E-state index is 12.5. The number of ether oxygens (including phenoxy) is 1. The first-order chi connectivity index (χ1) is 9.85. The van der Waals surface area contributed by atoms with Crippen molar-refractivity contribution in [2.75, 3.05) is 17.6 Å². The summed E-state index contributed by atoms with van der Waals surface area (Å²) in [6, 6.07) is 9.64. The van der Waals surface area contributed by atoms with Crippen LogP contribution in [-0.2, 0) is 10.0 Å². The van der Waals surface area contributed by atoms with Crippen LogP contribution in [-0.4, -0.2) is 15.5 Å². The van der Waals surface area contributed by atoms with Gasteiger partial charge in [0.2, 0.25) is 0 Å². The molecule has 0 heterocycles. The Morgan fingerprint density at radius 1 is 1.14 bits per heavy atom. The summed E-state index contributed by atoms with van der Waals surface area (Å²) in [6.45, 7) is 0. The van der Waals surface area contributed by atoms with Crippen LogP contribution in [0.15, 0.2) is 50.2 Å². The van der Waals surface area contributed by atoms with Crippen LogP contribution in [0.25, 0.3) is 0 Å². The fourth-order valence-corrected chi connectivity index (χ4v) is 4.40. The van der Waals surface area contributed by atoms with Gasteiger partial charge in [-0.15, -0.1) is 0 Å². The van der Waals surface area contributed by atoms with Gasteiger partial charge in [-0.1, -0.05) is 6.07 Å². The molecule has 0 saturated heterocycles. The number of hydrogen-bond acceptors (Lipinski definition) is 4. The molecule has 0 spiro atoms. The number of para-hydroxylation sites is 1. The number of anilines is 2. The Kier molecular flexibility index (Phi) is 4.80. The lowest BCUT2D eigenvalue weighted by molar-refractivity contribution is 0.403. The molecule has 0 aromatic heterocycles. The van der Waals surface area contributed by atoms with Gasteiger partial charge in [0, 0.05) is 20.7 Å². The number of sulfonamides is 1.